The van der Waals surface area contributed by atoms with Crippen LogP contribution < -0.4 is 10.0 Å². The van der Waals surface area contributed by atoms with Gasteiger partial charge in [-0.05, 0) is 57.7 Å². The van der Waals surface area contributed by atoms with Crippen LogP contribution in [0.3, 0.4) is 0 Å². The average Bonchev–Trinajstić information content (AvgIpc) is 2.62. The fourth-order valence-corrected chi connectivity index (χ4v) is 3.85. The van der Waals surface area contributed by atoms with Crippen molar-refractivity contribution in [2.24, 2.45) is 0 Å². The van der Waals surface area contributed by atoms with Gasteiger partial charge in [-0.2, -0.15) is 0 Å². The Labute approximate surface area is 168 Å². The van der Waals surface area contributed by atoms with E-state index >= 15 is 0 Å². The molecule has 2 rings (SSSR count). The van der Waals surface area contributed by atoms with Crippen molar-refractivity contribution in [2.75, 3.05) is 25.6 Å². The molecular weight excluding hydrogens is 432 g/mol. The first-order chi connectivity index (χ1) is 12.7. The highest BCUT2D eigenvalue weighted by molar-refractivity contribution is 9.10. The van der Waals surface area contributed by atoms with Crippen LogP contribution in [0.4, 0.5) is 5.69 Å². The predicted octanol–water partition coefficient (Wildman–Crippen LogP) is 3.75. The van der Waals surface area contributed by atoms with Crippen molar-refractivity contribution in [3.63, 3.8) is 0 Å². The highest BCUT2D eigenvalue weighted by atomic mass is 79.9. The molecule has 0 radical (unpaired) electrons. The third kappa shape index (κ3) is 5.87. The van der Waals surface area contributed by atoms with Crippen LogP contribution in [0.15, 0.2) is 51.8 Å². The van der Waals surface area contributed by atoms with Crippen molar-refractivity contribution in [1.82, 2.24) is 4.72 Å². The molecule has 0 aliphatic rings. The lowest BCUT2D eigenvalue weighted by molar-refractivity contribution is 0.102. The SMILES string of the molecule is COCCNS(=O)(=O)c1ccc(Br)c(C(=O)Nc2cccc(C(C)C)c2)c1. The first-order valence-corrected chi connectivity index (χ1v) is 10.7. The summed E-state index contributed by atoms with van der Waals surface area (Å²) in [6, 6.07) is 11.9. The fraction of sp³-hybridized carbons (Fsp3) is 0.316. The van der Waals surface area contributed by atoms with Crippen LogP contribution >= 0.6 is 15.9 Å². The highest BCUT2D eigenvalue weighted by Gasteiger charge is 2.18. The lowest BCUT2D eigenvalue weighted by Crippen LogP contribution is -2.27. The van der Waals surface area contributed by atoms with Gasteiger partial charge < -0.3 is 10.1 Å². The maximum atomic E-state index is 12.7. The summed E-state index contributed by atoms with van der Waals surface area (Å²) in [5.41, 5.74) is 2.00. The number of carbonyl (C=O) groups excluding carboxylic acids is 1. The van der Waals surface area contributed by atoms with Gasteiger partial charge in [-0.25, -0.2) is 13.1 Å². The van der Waals surface area contributed by atoms with E-state index in [1.807, 2.05) is 18.2 Å². The molecule has 8 heteroatoms. The molecule has 2 aromatic rings. The molecule has 0 aliphatic carbocycles. The van der Waals surface area contributed by atoms with Gasteiger partial charge in [0.2, 0.25) is 10.0 Å². The second kappa shape index (κ2) is 9.45. The molecule has 146 valence electrons. The summed E-state index contributed by atoms with van der Waals surface area (Å²) in [5, 5.41) is 2.82. The van der Waals surface area contributed by atoms with Crippen LogP contribution in [0.5, 0.6) is 0 Å². The van der Waals surface area contributed by atoms with E-state index < -0.39 is 15.9 Å². The summed E-state index contributed by atoms with van der Waals surface area (Å²) < 4.78 is 32.5. The molecule has 2 aromatic carbocycles. The van der Waals surface area contributed by atoms with Crippen LogP contribution in [0.25, 0.3) is 0 Å². The molecule has 0 saturated carbocycles. The molecule has 0 unspecified atom stereocenters. The summed E-state index contributed by atoms with van der Waals surface area (Å²) in [5.74, 6) is -0.0584. The number of benzene rings is 2. The second-order valence-corrected chi connectivity index (χ2v) is 8.89. The molecule has 2 N–H and O–H groups in total. The van der Waals surface area contributed by atoms with Gasteiger partial charge in [-0.1, -0.05) is 26.0 Å². The number of ether oxygens (including phenoxy) is 1. The Hall–Kier alpha value is -1.74. The molecular formula is C19H23BrN2O4S. The van der Waals surface area contributed by atoms with Crippen LogP contribution in [-0.4, -0.2) is 34.6 Å². The van der Waals surface area contributed by atoms with E-state index in [1.165, 1.54) is 19.2 Å². The number of rotatable bonds is 8. The Morgan fingerprint density at radius 2 is 1.93 bits per heavy atom. The van der Waals surface area contributed by atoms with Crippen molar-refractivity contribution in [3.8, 4) is 0 Å². The standard InChI is InChI=1S/C19H23BrN2O4S/c1-13(2)14-5-4-6-15(11-14)22-19(23)17-12-16(7-8-18(17)20)27(24,25)21-9-10-26-3/h4-8,11-13,21H,9-10H2,1-3H3,(H,22,23). The third-order valence-electron chi connectivity index (χ3n) is 3.90. The highest BCUT2D eigenvalue weighted by Crippen LogP contribution is 2.23. The smallest absolute Gasteiger partial charge is 0.256 e. The van der Waals surface area contributed by atoms with E-state index in [-0.39, 0.29) is 23.6 Å². The van der Waals surface area contributed by atoms with Gasteiger partial charge in [0.25, 0.3) is 5.91 Å². The first-order valence-electron chi connectivity index (χ1n) is 8.44. The van der Waals surface area contributed by atoms with Crippen molar-refractivity contribution in [2.45, 2.75) is 24.7 Å². The molecule has 0 heterocycles. The van der Waals surface area contributed by atoms with Crippen LogP contribution in [0, 0.1) is 0 Å². The monoisotopic (exact) mass is 454 g/mol. The second-order valence-electron chi connectivity index (χ2n) is 6.27. The minimum absolute atomic E-state index is 0.0166. The Bertz CT molecular complexity index is 914. The van der Waals surface area contributed by atoms with Crippen molar-refractivity contribution in [3.05, 3.63) is 58.1 Å². The van der Waals surface area contributed by atoms with Crippen LogP contribution in [0.1, 0.15) is 35.7 Å². The molecule has 27 heavy (non-hydrogen) atoms. The Morgan fingerprint density at radius 1 is 1.19 bits per heavy atom. The Balaban J connectivity index is 2.25. The number of nitrogens with one attached hydrogen (secondary N) is 2. The van der Waals surface area contributed by atoms with Gasteiger partial charge >= 0.3 is 0 Å². The fourth-order valence-electron chi connectivity index (χ4n) is 2.38. The van der Waals surface area contributed by atoms with E-state index in [2.05, 4.69) is 39.8 Å². The van der Waals surface area contributed by atoms with E-state index in [4.69, 9.17) is 4.74 Å². The lowest BCUT2D eigenvalue weighted by Gasteiger charge is -2.12. The van der Waals surface area contributed by atoms with Gasteiger partial charge in [0.1, 0.15) is 0 Å². The number of sulfonamides is 1. The van der Waals surface area contributed by atoms with E-state index in [1.54, 1.807) is 12.1 Å². The molecule has 0 spiro atoms. The van der Waals surface area contributed by atoms with Gasteiger partial charge in [0, 0.05) is 23.8 Å². The van der Waals surface area contributed by atoms with Gasteiger partial charge in [-0.3, -0.25) is 4.79 Å². The summed E-state index contributed by atoms with van der Waals surface area (Å²) in [6.07, 6.45) is 0. The van der Waals surface area contributed by atoms with Crippen molar-refractivity contribution >= 4 is 37.5 Å². The Kier molecular flexibility index (Phi) is 7.55. The van der Waals surface area contributed by atoms with Gasteiger partial charge in [0.05, 0.1) is 17.1 Å². The number of halogens is 1. The number of carbonyl (C=O) groups is 1. The number of hydrogen-bond acceptors (Lipinski definition) is 4. The molecule has 0 aromatic heterocycles. The topological polar surface area (TPSA) is 84.5 Å². The number of amides is 1. The van der Waals surface area contributed by atoms with Gasteiger partial charge in [0.15, 0.2) is 0 Å². The summed E-state index contributed by atoms with van der Waals surface area (Å²) in [7, 11) is -2.24. The minimum Gasteiger partial charge on any atom is -0.383 e. The average molecular weight is 455 g/mol. The quantitative estimate of drug-likeness (QED) is 0.594. The normalized spacial score (nSPS) is 11.6. The zero-order chi connectivity index (χ0) is 20.0. The molecule has 1 amide bonds. The summed E-state index contributed by atoms with van der Waals surface area (Å²) in [4.78, 5) is 12.7. The van der Waals surface area contributed by atoms with E-state index in [9.17, 15) is 13.2 Å². The molecule has 6 nitrogen and oxygen atoms in total. The largest absolute Gasteiger partial charge is 0.383 e. The maximum absolute atomic E-state index is 12.7. The van der Waals surface area contributed by atoms with E-state index in [0.29, 0.717) is 16.1 Å². The van der Waals surface area contributed by atoms with Crippen LogP contribution in [-0.2, 0) is 14.8 Å². The minimum atomic E-state index is -3.73. The summed E-state index contributed by atoms with van der Waals surface area (Å²) >= 11 is 3.32. The maximum Gasteiger partial charge on any atom is 0.256 e. The van der Waals surface area contributed by atoms with E-state index in [0.717, 1.165) is 5.56 Å². The Morgan fingerprint density at radius 3 is 2.59 bits per heavy atom. The summed E-state index contributed by atoms with van der Waals surface area (Å²) in [6.45, 7) is 4.55. The molecule has 0 atom stereocenters. The molecule has 0 saturated heterocycles. The number of anilines is 1. The van der Waals surface area contributed by atoms with Crippen molar-refractivity contribution in [1.29, 1.82) is 0 Å². The molecule has 0 bridgehead atoms. The van der Waals surface area contributed by atoms with Crippen LogP contribution in [0.2, 0.25) is 0 Å². The van der Waals surface area contributed by atoms with Gasteiger partial charge in [-0.15, -0.1) is 0 Å². The molecule has 0 aliphatic heterocycles. The number of methoxy groups -OCH3 is 1. The first kappa shape index (κ1) is 21.6. The zero-order valence-electron chi connectivity index (χ0n) is 15.5. The predicted molar refractivity (Wildman–Crippen MR) is 110 cm³/mol. The van der Waals surface area contributed by atoms with Crippen molar-refractivity contribution < 1.29 is 17.9 Å². The number of hydrogen-bond donors (Lipinski definition) is 2. The molecule has 0 fully saturated rings. The zero-order valence-corrected chi connectivity index (χ0v) is 17.9. The third-order valence-corrected chi connectivity index (χ3v) is 6.05. The lowest BCUT2D eigenvalue weighted by atomic mass is 10.0.